The molecule has 6 heteroatoms. The first-order chi connectivity index (χ1) is 14.8. The number of fused-ring (bicyclic) bond motifs is 1. The van der Waals surface area contributed by atoms with Crippen LogP contribution in [0.4, 0.5) is 5.82 Å². The van der Waals surface area contributed by atoms with E-state index in [9.17, 15) is 8.42 Å². The van der Waals surface area contributed by atoms with E-state index < -0.39 is 10.0 Å². The van der Waals surface area contributed by atoms with Gasteiger partial charge in [0.2, 0.25) is 10.0 Å². The molecule has 0 fully saturated rings. The Morgan fingerprint density at radius 3 is 2.32 bits per heavy atom. The molecular weight excluding hydrogens is 472 g/mol. The van der Waals surface area contributed by atoms with Crippen molar-refractivity contribution < 1.29 is 8.42 Å². The molecule has 160 valence electrons. The van der Waals surface area contributed by atoms with Gasteiger partial charge in [0, 0.05) is 22.0 Å². The van der Waals surface area contributed by atoms with Gasteiger partial charge in [0.1, 0.15) is 5.82 Å². The topological polar surface area (TPSA) is 51.1 Å². The lowest BCUT2D eigenvalue weighted by molar-refractivity contribution is 0.595. The maximum absolute atomic E-state index is 12.8. The number of hydrogen-bond acceptors (Lipinski definition) is 3. The number of nitrogens with zero attached hydrogens (tertiary/aromatic N) is 1. The highest BCUT2D eigenvalue weighted by Gasteiger charge is 2.23. The normalized spacial score (nSPS) is 11.9. The fourth-order valence-electron chi connectivity index (χ4n) is 3.88. The summed E-state index contributed by atoms with van der Waals surface area (Å²) in [5.74, 6) is 1.02. The van der Waals surface area contributed by atoms with Gasteiger partial charge < -0.3 is 5.32 Å². The first-order valence-electron chi connectivity index (χ1n) is 10.2. The maximum Gasteiger partial charge on any atom is 0.237 e. The molecular formula is C25H25BrN2O2S. The number of para-hydroxylation sites is 1. The number of benzene rings is 3. The third kappa shape index (κ3) is 4.41. The molecule has 0 amide bonds. The highest BCUT2D eigenvalue weighted by molar-refractivity contribution is 9.10. The third-order valence-corrected chi connectivity index (χ3v) is 6.91. The van der Waals surface area contributed by atoms with Gasteiger partial charge in [-0.3, -0.25) is 0 Å². The number of halogens is 1. The van der Waals surface area contributed by atoms with Crippen LogP contribution in [0.5, 0.6) is 0 Å². The van der Waals surface area contributed by atoms with Crippen LogP contribution >= 0.6 is 15.9 Å². The van der Waals surface area contributed by atoms with Crippen LogP contribution in [0.25, 0.3) is 22.0 Å². The molecule has 0 aliphatic heterocycles. The average molecular weight is 497 g/mol. The summed E-state index contributed by atoms with van der Waals surface area (Å²) in [4.78, 5) is 0. The van der Waals surface area contributed by atoms with Gasteiger partial charge in [-0.1, -0.05) is 84.4 Å². The second kappa shape index (κ2) is 8.52. The van der Waals surface area contributed by atoms with Crippen molar-refractivity contribution in [3.05, 3.63) is 88.4 Å². The highest BCUT2D eigenvalue weighted by Crippen LogP contribution is 2.40. The smallest absolute Gasteiger partial charge is 0.237 e. The molecule has 3 aromatic carbocycles. The van der Waals surface area contributed by atoms with Crippen molar-refractivity contribution >= 4 is 42.7 Å². The van der Waals surface area contributed by atoms with Crippen LogP contribution in [0.1, 0.15) is 30.9 Å². The Bertz CT molecular complexity index is 1340. The predicted molar refractivity (Wildman–Crippen MR) is 133 cm³/mol. The standard InChI is InChI=1S/C25H25BrN2O2S/c1-17(2)19-11-13-20(14-12-19)24-22-9-4-5-10-23(22)28(31(3,29)30)25(24)27-16-18-7-6-8-21(26)15-18/h4-15,17,27H,16H2,1-3H3. The van der Waals surface area contributed by atoms with Crippen molar-refractivity contribution in [1.82, 2.24) is 3.97 Å². The fourth-order valence-corrected chi connectivity index (χ4v) is 5.33. The molecule has 1 aromatic heterocycles. The van der Waals surface area contributed by atoms with Gasteiger partial charge in [0.05, 0.1) is 11.8 Å². The van der Waals surface area contributed by atoms with E-state index in [1.165, 1.54) is 15.8 Å². The summed E-state index contributed by atoms with van der Waals surface area (Å²) in [6.07, 6.45) is 1.25. The zero-order chi connectivity index (χ0) is 22.2. The van der Waals surface area contributed by atoms with Crippen LogP contribution in [0.2, 0.25) is 0 Å². The zero-order valence-electron chi connectivity index (χ0n) is 17.8. The molecule has 0 saturated carbocycles. The molecule has 0 aliphatic rings. The Hall–Kier alpha value is -2.57. The summed E-state index contributed by atoms with van der Waals surface area (Å²) in [5, 5.41) is 4.32. The third-order valence-electron chi connectivity index (χ3n) is 5.38. The van der Waals surface area contributed by atoms with Gasteiger partial charge in [-0.15, -0.1) is 0 Å². The van der Waals surface area contributed by atoms with Gasteiger partial charge in [-0.2, -0.15) is 0 Å². The molecule has 0 spiro atoms. The molecule has 0 atom stereocenters. The molecule has 4 aromatic rings. The molecule has 4 nitrogen and oxygen atoms in total. The summed E-state index contributed by atoms with van der Waals surface area (Å²) in [7, 11) is -3.54. The van der Waals surface area contributed by atoms with Gasteiger partial charge in [-0.25, -0.2) is 12.4 Å². The quantitative estimate of drug-likeness (QED) is 0.326. The monoisotopic (exact) mass is 496 g/mol. The van der Waals surface area contributed by atoms with E-state index in [0.717, 1.165) is 26.5 Å². The number of aromatic nitrogens is 1. The lowest BCUT2D eigenvalue weighted by atomic mass is 9.98. The molecule has 4 rings (SSSR count). The fraction of sp³-hybridized carbons (Fsp3) is 0.200. The van der Waals surface area contributed by atoms with Crippen LogP contribution in [0.3, 0.4) is 0 Å². The SMILES string of the molecule is CC(C)c1ccc(-c2c(NCc3cccc(Br)c3)n(S(C)(=O)=O)c3ccccc23)cc1. The summed E-state index contributed by atoms with van der Waals surface area (Å²) >= 11 is 3.50. The Balaban J connectivity index is 1.92. The number of anilines is 1. The zero-order valence-corrected chi connectivity index (χ0v) is 20.2. The minimum atomic E-state index is -3.54. The molecule has 0 aliphatic carbocycles. The van der Waals surface area contributed by atoms with Gasteiger partial charge in [0.25, 0.3) is 0 Å². The first kappa shape index (κ1) is 21.7. The van der Waals surface area contributed by atoms with E-state index in [4.69, 9.17) is 0 Å². The van der Waals surface area contributed by atoms with Gasteiger partial charge in [-0.05, 0) is 40.8 Å². The minimum Gasteiger partial charge on any atom is -0.366 e. The second-order valence-electron chi connectivity index (χ2n) is 8.03. The van der Waals surface area contributed by atoms with E-state index >= 15 is 0 Å². The Morgan fingerprint density at radius 2 is 1.68 bits per heavy atom. The van der Waals surface area contributed by atoms with E-state index in [0.29, 0.717) is 23.8 Å². The summed E-state index contributed by atoms with van der Waals surface area (Å²) in [6, 6.07) is 24.0. The summed E-state index contributed by atoms with van der Waals surface area (Å²) in [5.41, 5.74) is 4.86. The number of nitrogens with one attached hydrogen (secondary N) is 1. The number of rotatable bonds is 6. The summed E-state index contributed by atoms with van der Waals surface area (Å²) < 4.78 is 28.1. The first-order valence-corrected chi connectivity index (χ1v) is 12.8. The second-order valence-corrected chi connectivity index (χ2v) is 10.8. The molecule has 0 unspecified atom stereocenters. The largest absolute Gasteiger partial charge is 0.366 e. The van der Waals surface area contributed by atoms with Crippen LogP contribution in [-0.2, 0) is 16.6 Å². The van der Waals surface area contributed by atoms with Crippen molar-refractivity contribution in [1.29, 1.82) is 0 Å². The number of hydrogen-bond donors (Lipinski definition) is 1. The van der Waals surface area contributed by atoms with Crippen molar-refractivity contribution in [2.75, 3.05) is 11.6 Å². The van der Waals surface area contributed by atoms with E-state index in [2.05, 4.69) is 59.4 Å². The Morgan fingerprint density at radius 1 is 0.968 bits per heavy atom. The Kier molecular flexibility index (Phi) is 5.95. The lowest BCUT2D eigenvalue weighted by Crippen LogP contribution is -2.14. The average Bonchev–Trinajstić information content (AvgIpc) is 3.07. The van der Waals surface area contributed by atoms with E-state index in [1.807, 2.05) is 48.5 Å². The van der Waals surface area contributed by atoms with Crippen LogP contribution in [0, 0.1) is 0 Å². The predicted octanol–water partition coefficient (Wildman–Crippen LogP) is 6.61. The van der Waals surface area contributed by atoms with E-state index in [1.54, 1.807) is 0 Å². The highest BCUT2D eigenvalue weighted by atomic mass is 79.9. The van der Waals surface area contributed by atoms with Crippen molar-refractivity contribution in [3.8, 4) is 11.1 Å². The molecule has 1 heterocycles. The van der Waals surface area contributed by atoms with Crippen molar-refractivity contribution in [2.24, 2.45) is 0 Å². The lowest BCUT2D eigenvalue weighted by Gasteiger charge is -2.14. The molecule has 1 N–H and O–H groups in total. The summed E-state index contributed by atoms with van der Waals surface area (Å²) in [6.45, 7) is 4.83. The van der Waals surface area contributed by atoms with Crippen LogP contribution < -0.4 is 5.32 Å². The molecule has 31 heavy (non-hydrogen) atoms. The van der Waals surface area contributed by atoms with Gasteiger partial charge >= 0.3 is 0 Å². The van der Waals surface area contributed by atoms with Crippen molar-refractivity contribution in [3.63, 3.8) is 0 Å². The molecule has 0 saturated heterocycles. The van der Waals surface area contributed by atoms with Crippen molar-refractivity contribution in [2.45, 2.75) is 26.3 Å². The Labute approximate surface area is 192 Å². The van der Waals surface area contributed by atoms with E-state index in [-0.39, 0.29) is 0 Å². The van der Waals surface area contributed by atoms with Gasteiger partial charge in [0.15, 0.2) is 0 Å². The van der Waals surface area contributed by atoms with Crippen LogP contribution in [-0.4, -0.2) is 18.6 Å². The molecule has 0 radical (unpaired) electrons. The molecule has 0 bridgehead atoms. The maximum atomic E-state index is 12.8. The van der Waals surface area contributed by atoms with Crippen LogP contribution in [0.15, 0.2) is 77.3 Å². The minimum absolute atomic E-state index is 0.431.